The van der Waals surface area contributed by atoms with E-state index >= 15 is 0 Å². The molecule has 1 N–H and O–H groups in total. The SMILES string of the molecule is CN(C)c1ccc(C(=O)NCCOc2ccc(F)cc2)cc1. The number of benzene rings is 2. The molecule has 5 heteroatoms. The third kappa shape index (κ3) is 4.48. The Morgan fingerprint density at radius 1 is 1.09 bits per heavy atom. The fourth-order valence-corrected chi connectivity index (χ4v) is 1.88. The number of rotatable bonds is 6. The summed E-state index contributed by atoms with van der Waals surface area (Å²) in [4.78, 5) is 13.9. The second-order valence-electron chi connectivity index (χ2n) is 5.00. The van der Waals surface area contributed by atoms with Crippen LogP contribution in [-0.4, -0.2) is 33.2 Å². The lowest BCUT2D eigenvalue weighted by Gasteiger charge is -2.12. The maximum Gasteiger partial charge on any atom is 0.251 e. The number of halogens is 1. The molecule has 0 aliphatic rings. The molecule has 0 heterocycles. The van der Waals surface area contributed by atoms with Gasteiger partial charge in [-0.1, -0.05) is 0 Å². The average Bonchev–Trinajstić information content (AvgIpc) is 2.53. The first kappa shape index (κ1) is 15.8. The van der Waals surface area contributed by atoms with E-state index in [0.717, 1.165) is 5.69 Å². The van der Waals surface area contributed by atoms with E-state index in [0.29, 0.717) is 24.5 Å². The molecule has 0 aliphatic carbocycles. The fourth-order valence-electron chi connectivity index (χ4n) is 1.88. The van der Waals surface area contributed by atoms with Gasteiger partial charge in [0, 0.05) is 25.3 Å². The van der Waals surface area contributed by atoms with E-state index < -0.39 is 0 Å². The molecule has 0 atom stereocenters. The maximum absolute atomic E-state index is 12.7. The zero-order chi connectivity index (χ0) is 15.9. The third-order valence-corrected chi connectivity index (χ3v) is 3.12. The zero-order valence-electron chi connectivity index (χ0n) is 12.7. The van der Waals surface area contributed by atoms with Crippen LogP contribution in [0.1, 0.15) is 10.4 Å². The maximum atomic E-state index is 12.7. The van der Waals surface area contributed by atoms with Crippen LogP contribution in [0.5, 0.6) is 5.75 Å². The van der Waals surface area contributed by atoms with Gasteiger partial charge in [0.05, 0.1) is 6.54 Å². The average molecular weight is 302 g/mol. The van der Waals surface area contributed by atoms with Crippen molar-refractivity contribution in [2.75, 3.05) is 32.1 Å². The van der Waals surface area contributed by atoms with Crippen molar-refractivity contribution in [1.29, 1.82) is 0 Å². The Morgan fingerprint density at radius 3 is 2.32 bits per heavy atom. The summed E-state index contributed by atoms with van der Waals surface area (Å²) in [5.74, 6) is 0.126. The predicted molar refractivity (Wildman–Crippen MR) is 85.0 cm³/mol. The minimum atomic E-state index is -0.304. The monoisotopic (exact) mass is 302 g/mol. The van der Waals surface area contributed by atoms with Crippen molar-refractivity contribution >= 4 is 11.6 Å². The van der Waals surface area contributed by atoms with E-state index in [-0.39, 0.29) is 11.7 Å². The summed E-state index contributed by atoms with van der Waals surface area (Å²) in [6.45, 7) is 0.707. The lowest BCUT2D eigenvalue weighted by Crippen LogP contribution is -2.28. The number of amides is 1. The second-order valence-corrected chi connectivity index (χ2v) is 5.00. The Bertz CT molecular complexity index is 610. The molecule has 0 aromatic heterocycles. The van der Waals surface area contributed by atoms with E-state index in [2.05, 4.69) is 5.32 Å². The Hall–Kier alpha value is -2.56. The Kier molecular flexibility index (Phi) is 5.36. The highest BCUT2D eigenvalue weighted by atomic mass is 19.1. The van der Waals surface area contributed by atoms with Crippen molar-refractivity contribution < 1.29 is 13.9 Å². The van der Waals surface area contributed by atoms with E-state index in [1.807, 2.05) is 31.1 Å². The first-order valence-corrected chi connectivity index (χ1v) is 7.00. The molecule has 0 spiro atoms. The predicted octanol–water partition coefficient (Wildman–Crippen LogP) is 2.70. The first-order chi connectivity index (χ1) is 10.6. The van der Waals surface area contributed by atoms with Crippen LogP contribution >= 0.6 is 0 Å². The smallest absolute Gasteiger partial charge is 0.251 e. The molecule has 0 aliphatic heterocycles. The van der Waals surface area contributed by atoms with E-state index in [1.165, 1.54) is 12.1 Å². The van der Waals surface area contributed by atoms with Crippen LogP contribution in [-0.2, 0) is 0 Å². The molecule has 0 fully saturated rings. The molecule has 22 heavy (non-hydrogen) atoms. The van der Waals surface area contributed by atoms with Crippen molar-refractivity contribution in [3.63, 3.8) is 0 Å². The molecule has 116 valence electrons. The Labute approximate surface area is 129 Å². The summed E-state index contributed by atoms with van der Waals surface area (Å²) in [5.41, 5.74) is 1.64. The number of hydrogen-bond donors (Lipinski definition) is 1. The Morgan fingerprint density at radius 2 is 1.73 bits per heavy atom. The summed E-state index contributed by atoms with van der Waals surface area (Å²) in [6.07, 6.45) is 0. The van der Waals surface area contributed by atoms with Gasteiger partial charge in [-0.15, -0.1) is 0 Å². The van der Waals surface area contributed by atoms with Gasteiger partial charge in [-0.05, 0) is 48.5 Å². The van der Waals surface area contributed by atoms with Gasteiger partial charge in [-0.3, -0.25) is 4.79 Å². The first-order valence-electron chi connectivity index (χ1n) is 7.00. The molecule has 4 nitrogen and oxygen atoms in total. The van der Waals surface area contributed by atoms with Crippen molar-refractivity contribution in [3.05, 3.63) is 59.9 Å². The topological polar surface area (TPSA) is 41.6 Å². The zero-order valence-corrected chi connectivity index (χ0v) is 12.7. The molecular weight excluding hydrogens is 283 g/mol. The molecule has 0 unspecified atom stereocenters. The van der Waals surface area contributed by atoms with Gasteiger partial charge in [0.15, 0.2) is 0 Å². The minimum Gasteiger partial charge on any atom is -0.492 e. The number of ether oxygens (including phenoxy) is 1. The van der Waals surface area contributed by atoms with E-state index in [1.54, 1.807) is 24.3 Å². The van der Waals surface area contributed by atoms with Gasteiger partial charge >= 0.3 is 0 Å². The number of carbonyl (C=O) groups is 1. The van der Waals surface area contributed by atoms with Crippen LogP contribution in [0.15, 0.2) is 48.5 Å². The van der Waals surface area contributed by atoms with E-state index in [4.69, 9.17) is 4.74 Å². The summed E-state index contributed by atoms with van der Waals surface area (Å²) in [5, 5.41) is 2.78. The number of nitrogens with one attached hydrogen (secondary N) is 1. The van der Waals surface area contributed by atoms with Gasteiger partial charge in [-0.25, -0.2) is 4.39 Å². The van der Waals surface area contributed by atoms with Gasteiger partial charge in [0.25, 0.3) is 5.91 Å². The second kappa shape index (κ2) is 7.45. The number of carbonyl (C=O) groups excluding carboxylic acids is 1. The molecular formula is C17H19FN2O2. The van der Waals surface area contributed by atoms with Gasteiger partial charge < -0.3 is 15.0 Å². The van der Waals surface area contributed by atoms with Gasteiger partial charge in [0.1, 0.15) is 18.2 Å². The van der Waals surface area contributed by atoms with Crippen molar-refractivity contribution in [1.82, 2.24) is 5.32 Å². The molecule has 1 amide bonds. The molecule has 0 saturated carbocycles. The summed E-state index contributed by atoms with van der Waals surface area (Å²) in [6, 6.07) is 13.1. The van der Waals surface area contributed by atoms with E-state index in [9.17, 15) is 9.18 Å². The standard InChI is InChI=1S/C17H19FN2O2/c1-20(2)15-7-3-13(4-8-15)17(21)19-11-12-22-16-9-5-14(18)6-10-16/h3-10H,11-12H2,1-2H3,(H,19,21). The van der Waals surface area contributed by atoms with Crippen molar-refractivity contribution in [3.8, 4) is 5.75 Å². The molecule has 2 rings (SSSR count). The molecule has 0 radical (unpaired) electrons. The van der Waals surface area contributed by atoms with Crippen LogP contribution < -0.4 is 15.0 Å². The normalized spacial score (nSPS) is 10.1. The molecule has 0 saturated heterocycles. The molecule has 0 bridgehead atoms. The number of anilines is 1. The number of nitrogens with zero attached hydrogens (tertiary/aromatic N) is 1. The van der Waals surface area contributed by atoms with Crippen molar-refractivity contribution in [2.24, 2.45) is 0 Å². The molecule has 2 aromatic rings. The highest BCUT2D eigenvalue weighted by Gasteiger charge is 2.05. The van der Waals surface area contributed by atoms with Crippen LogP contribution in [0.2, 0.25) is 0 Å². The quantitative estimate of drug-likeness (QED) is 0.834. The summed E-state index contributed by atoms with van der Waals surface area (Å²) < 4.78 is 18.1. The van der Waals surface area contributed by atoms with Crippen LogP contribution in [0, 0.1) is 5.82 Å². The van der Waals surface area contributed by atoms with Crippen LogP contribution in [0.3, 0.4) is 0 Å². The Balaban J connectivity index is 1.76. The summed E-state index contributed by atoms with van der Waals surface area (Å²) in [7, 11) is 3.89. The third-order valence-electron chi connectivity index (χ3n) is 3.12. The van der Waals surface area contributed by atoms with Gasteiger partial charge in [0.2, 0.25) is 0 Å². The van der Waals surface area contributed by atoms with Gasteiger partial charge in [-0.2, -0.15) is 0 Å². The summed E-state index contributed by atoms with van der Waals surface area (Å²) >= 11 is 0. The van der Waals surface area contributed by atoms with Crippen molar-refractivity contribution in [2.45, 2.75) is 0 Å². The molecule has 2 aromatic carbocycles. The fraction of sp³-hybridized carbons (Fsp3) is 0.235. The highest BCUT2D eigenvalue weighted by molar-refractivity contribution is 5.94. The lowest BCUT2D eigenvalue weighted by molar-refractivity contribution is 0.0947. The minimum absolute atomic E-state index is 0.145. The van der Waals surface area contributed by atoms with Crippen LogP contribution in [0.4, 0.5) is 10.1 Å². The number of hydrogen-bond acceptors (Lipinski definition) is 3. The van der Waals surface area contributed by atoms with Crippen LogP contribution in [0.25, 0.3) is 0 Å². The lowest BCUT2D eigenvalue weighted by atomic mass is 10.2. The largest absolute Gasteiger partial charge is 0.492 e. The highest BCUT2D eigenvalue weighted by Crippen LogP contribution is 2.12.